The average Bonchev–Trinajstić information content (AvgIpc) is 2.99. The molecule has 0 spiro atoms. The van der Waals surface area contributed by atoms with Crippen molar-refractivity contribution in [2.24, 2.45) is 0 Å². The van der Waals surface area contributed by atoms with E-state index in [1.165, 1.54) is 32.4 Å². The van der Waals surface area contributed by atoms with Crippen LogP contribution in [0, 0.1) is 0 Å². The molecule has 122 valence electrons. The van der Waals surface area contributed by atoms with E-state index in [-0.39, 0.29) is 0 Å². The molecular weight excluding hydrogens is 288 g/mol. The standard InChI is InChI=1S/C17H24N6/c1-4-8-21(9-5-1)13-16-19-20-17-14-22(10-11-23(16)17)12-15-6-2-3-7-18-15/h2-3,6-7H,1,4-5,8-14H2. The first-order valence-electron chi connectivity index (χ1n) is 8.64. The second-order valence-electron chi connectivity index (χ2n) is 6.55. The van der Waals surface area contributed by atoms with E-state index in [1.807, 2.05) is 18.3 Å². The van der Waals surface area contributed by atoms with Gasteiger partial charge in [0, 0.05) is 25.8 Å². The highest BCUT2D eigenvalue weighted by atomic mass is 15.4. The molecule has 0 aliphatic carbocycles. The molecule has 4 heterocycles. The minimum absolute atomic E-state index is 0.865. The number of pyridine rings is 1. The Morgan fingerprint density at radius 3 is 2.61 bits per heavy atom. The van der Waals surface area contributed by atoms with Gasteiger partial charge in [-0.1, -0.05) is 12.5 Å². The Kier molecular flexibility index (Phi) is 4.35. The summed E-state index contributed by atoms with van der Waals surface area (Å²) in [5.74, 6) is 2.23. The number of piperidine rings is 1. The first kappa shape index (κ1) is 14.8. The van der Waals surface area contributed by atoms with Gasteiger partial charge in [-0.05, 0) is 38.1 Å². The second kappa shape index (κ2) is 6.76. The van der Waals surface area contributed by atoms with Gasteiger partial charge in [0.2, 0.25) is 0 Å². The van der Waals surface area contributed by atoms with E-state index in [1.54, 1.807) is 0 Å². The molecule has 0 amide bonds. The van der Waals surface area contributed by atoms with Crippen LogP contribution in [-0.4, -0.2) is 49.2 Å². The van der Waals surface area contributed by atoms with Crippen molar-refractivity contribution < 1.29 is 0 Å². The Morgan fingerprint density at radius 2 is 1.78 bits per heavy atom. The minimum atomic E-state index is 0.865. The number of fused-ring (bicyclic) bond motifs is 1. The van der Waals surface area contributed by atoms with Crippen LogP contribution in [0.5, 0.6) is 0 Å². The molecule has 0 radical (unpaired) electrons. The summed E-state index contributed by atoms with van der Waals surface area (Å²) in [6.45, 7) is 7.13. The van der Waals surface area contributed by atoms with Gasteiger partial charge in [0.05, 0.1) is 18.8 Å². The summed E-state index contributed by atoms with van der Waals surface area (Å²) in [5, 5.41) is 8.90. The van der Waals surface area contributed by atoms with E-state index in [9.17, 15) is 0 Å². The fraction of sp³-hybridized carbons (Fsp3) is 0.588. The van der Waals surface area contributed by atoms with Crippen molar-refractivity contribution in [1.29, 1.82) is 0 Å². The molecule has 0 N–H and O–H groups in total. The minimum Gasteiger partial charge on any atom is -0.312 e. The SMILES string of the molecule is c1ccc(CN2CCn3c(CN4CCCCC4)nnc3C2)nc1. The molecule has 4 rings (SSSR count). The topological polar surface area (TPSA) is 50.1 Å². The van der Waals surface area contributed by atoms with E-state index < -0.39 is 0 Å². The normalized spacial score (nSPS) is 19.7. The zero-order valence-electron chi connectivity index (χ0n) is 13.6. The van der Waals surface area contributed by atoms with Crippen molar-refractivity contribution in [2.45, 2.75) is 45.4 Å². The highest BCUT2D eigenvalue weighted by Crippen LogP contribution is 2.17. The molecule has 23 heavy (non-hydrogen) atoms. The van der Waals surface area contributed by atoms with Crippen LogP contribution in [-0.2, 0) is 26.2 Å². The first-order chi connectivity index (χ1) is 11.4. The molecule has 6 heteroatoms. The molecule has 0 unspecified atom stereocenters. The molecule has 0 bridgehead atoms. The lowest BCUT2D eigenvalue weighted by Crippen LogP contribution is -2.35. The Bertz CT molecular complexity index is 632. The maximum Gasteiger partial charge on any atom is 0.147 e. The molecular formula is C17H24N6. The summed E-state index contributed by atoms with van der Waals surface area (Å²) in [6, 6.07) is 6.09. The second-order valence-corrected chi connectivity index (χ2v) is 6.55. The molecule has 1 saturated heterocycles. The molecule has 1 fully saturated rings. The van der Waals surface area contributed by atoms with Crippen molar-refractivity contribution in [1.82, 2.24) is 29.5 Å². The first-order valence-corrected chi connectivity index (χ1v) is 8.64. The van der Waals surface area contributed by atoms with E-state index in [4.69, 9.17) is 0 Å². The lowest BCUT2D eigenvalue weighted by Gasteiger charge is -2.29. The number of aromatic nitrogens is 4. The Morgan fingerprint density at radius 1 is 0.870 bits per heavy atom. The van der Waals surface area contributed by atoms with Crippen molar-refractivity contribution >= 4 is 0 Å². The van der Waals surface area contributed by atoms with Crippen LogP contribution in [0.1, 0.15) is 36.6 Å². The summed E-state index contributed by atoms with van der Waals surface area (Å²) < 4.78 is 2.32. The molecule has 0 saturated carbocycles. The van der Waals surface area contributed by atoms with Crippen molar-refractivity contribution in [3.63, 3.8) is 0 Å². The molecule has 2 aromatic heterocycles. The zero-order valence-corrected chi connectivity index (χ0v) is 13.6. The molecule has 2 aromatic rings. The van der Waals surface area contributed by atoms with Crippen molar-refractivity contribution in [3.8, 4) is 0 Å². The lowest BCUT2D eigenvalue weighted by atomic mass is 10.1. The Labute approximate surface area is 137 Å². The summed E-state index contributed by atoms with van der Waals surface area (Å²) in [7, 11) is 0. The van der Waals surface area contributed by atoms with Gasteiger partial charge < -0.3 is 4.57 Å². The third kappa shape index (κ3) is 3.43. The van der Waals surface area contributed by atoms with Crippen LogP contribution in [0.25, 0.3) is 0 Å². The molecule has 0 aromatic carbocycles. The van der Waals surface area contributed by atoms with E-state index in [2.05, 4.69) is 35.6 Å². The maximum atomic E-state index is 4.46. The molecule has 6 nitrogen and oxygen atoms in total. The van der Waals surface area contributed by atoms with E-state index in [0.717, 1.165) is 50.1 Å². The van der Waals surface area contributed by atoms with Crippen LogP contribution < -0.4 is 0 Å². The van der Waals surface area contributed by atoms with Gasteiger partial charge in [0.25, 0.3) is 0 Å². The van der Waals surface area contributed by atoms with E-state index >= 15 is 0 Å². The summed E-state index contributed by atoms with van der Waals surface area (Å²) in [4.78, 5) is 9.33. The Balaban J connectivity index is 1.40. The van der Waals surface area contributed by atoms with Crippen LogP contribution >= 0.6 is 0 Å². The fourth-order valence-electron chi connectivity index (χ4n) is 3.56. The van der Waals surface area contributed by atoms with Gasteiger partial charge in [0.15, 0.2) is 0 Å². The van der Waals surface area contributed by atoms with Crippen LogP contribution in [0.3, 0.4) is 0 Å². The van der Waals surface area contributed by atoms with Crippen LogP contribution in [0.4, 0.5) is 0 Å². The third-order valence-corrected chi connectivity index (χ3v) is 4.83. The van der Waals surface area contributed by atoms with Crippen molar-refractivity contribution in [3.05, 3.63) is 41.7 Å². The van der Waals surface area contributed by atoms with Gasteiger partial charge in [-0.15, -0.1) is 10.2 Å². The number of rotatable bonds is 4. The summed E-state index contributed by atoms with van der Waals surface area (Å²) in [5.41, 5.74) is 1.12. The van der Waals surface area contributed by atoms with Gasteiger partial charge in [-0.2, -0.15) is 0 Å². The lowest BCUT2D eigenvalue weighted by molar-refractivity contribution is 0.191. The Hall–Kier alpha value is -1.79. The number of likely N-dealkylation sites (tertiary alicyclic amines) is 1. The predicted octanol–water partition coefficient (Wildman–Crippen LogP) is 1.67. The monoisotopic (exact) mass is 312 g/mol. The summed E-state index contributed by atoms with van der Waals surface area (Å²) in [6.07, 6.45) is 5.87. The smallest absolute Gasteiger partial charge is 0.147 e. The van der Waals surface area contributed by atoms with Crippen LogP contribution in [0.2, 0.25) is 0 Å². The maximum absolute atomic E-state index is 4.46. The zero-order chi connectivity index (χ0) is 15.5. The number of hydrogen-bond donors (Lipinski definition) is 0. The highest BCUT2D eigenvalue weighted by Gasteiger charge is 2.22. The number of hydrogen-bond acceptors (Lipinski definition) is 5. The van der Waals surface area contributed by atoms with Gasteiger partial charge in [-0.25, -0.2) is 0 Å². The third-order valence-electron chi connectivity index (χ3n) is 4.83. The van der Waals surface area contributed by atoms with Gasteiger partial charge in [-0.3, -0.25) is 14.8 Å². The molecule has 2 aliphatic rings. The van der Waals surface area contributed by atoms with Gasteiger partial charge >= 0.3 is 0 Å². The fourth-order valence-corrected chi connectivity index (χ4v) is 3.56. The summed E-state index contributed by atoms with van der Waals surface area (Å²) >= 11 is 0. The highest BCUT2D eigenvalue weighted by molar-refractivity contribution is 5.05. The predicted molar refractivity (Wildman–Crippen MR) is 87.5 cm³/mol. The van der Waals surface area contributed by atoms with Gasteiger partial charge in [0.1, 0.15) is 11.6 Å². The molecule has 0 atom stereocenters. The van der Waals surface area contributed by atoms with Crippen LogP contribution in [0.15, 0.2) is 24.4 Å². The average molecular weight is 312 g/mol. The van der Waals surface area contributed by atoms with Crippen molar-refractivity contribution in [2.75, 3.05) is 19.6 Å². The largest absolute Gasteiger partial charge is 0.312 e. The molecule has 2 aliphatic heterocycles. The van der Waals surface area contributed by atoms with E-state index in [0.29, 0.717) is 0 Å². The number of nitrogens with zero attached hydrogens (tertiary/aromatic N) is 6. The quantitative estimate of drug-likeness (QED) is 0.859.